The van der Waals surface area contributed by atoms with E-state index in [0.717, 1.165) is 17.3 Å². The molecule has 1 aromatic carbocycles. The van der Waals surface area contributed by atoms with Crippen LogP contribution in [0, 0.1) is 0 Å². The van der Waals surface area contributed by atoms with Crippen molar-refractivity contribution in [3.05, 3.63) is 35.5 Å². The molecular weight excluding hydrogens is 242 g/mol. The number of rotatable bonds is 2. The van der Waals surface area contributed by atoms with Gasteiger partial charge >= 0.3 is 6.03 Å². The third-order valence-corrected chi connectivity index (χ3v) is 3.68. The van der Waals surface area contributed by atoms with Crippen LogP contribution in [0.4, 0.5) is 4.79 Å². The van der Waals surface area contributed by atoms with Crippen LogP contribution in [0.5, 0.6) is 0 Å². The van der Waals surface area contributed by atoms with Crippen LogP contribution in [0.1, 0.15) is 25.1 Å². The number of aromatic amines is 1. The standard InChI is InChI=1S/C14H15N3O2/c1-3-8-4-5-10-9(6-8)7-11(15-10)14(2)12(18)16-13(19)17-14/h4-7,15H,3H2,1-2H3,(H2,16,17,18,19)/t14-/m1/s1. The molecule has 0 unspecified atom stereocenters. The predicted molar refractivity (Wildman–Crippen MR) is 71.7 cm³/mol. The number of imide groups is 1. The van der Waals surface area contributed by atoms with E-state index < -0.39 is 11.6 Å². The lowest BCUT2D eigenvalue weighted by Crippen LogP contribution is -2.40. The maximum Gasteiger partial charge on any atom is 0.322 e. The highest BCUT2D eigenvalue weighted by atomic mass is 16.2. The van der Waals surface area contributed by atoms with Crippen LogP contribution < -0.4 is 10.6 Å². The largest absolute Gasteiger partial charge is 0.356 e. The summed E-state index contributed by atoms with van der Waals surface area (Å²) >= 11 is 0. The van der Waals surface area contributed by atoms with Gasteiger partial charge in [0.05, 0.1) is 5.69 Å². The number of hydrogen-bond acceptors (Lipinski definition) is 2. The van der Waals surface area contributed by atoms with E-state index in [1.165, 1.54) is 5.56 Å². The average Bonchev–Trinajstić information content (AvgIpc) is 2.91. The Morgan fingerprint density at radius 1 is 1.21 bits per heavy atom. The monoisotopic (exact) mass is 257 g/mol. The highest BCUT2D eigenvalue weighted by Crippen LogP contribution is 2.27. The van der Waals surface area contributed by atoms with Gasteiger partial charge in [-0.1, -0.05) is 13.0 Å². The Morgan fingerprint density at radius 3 is 2.63 bits per heavy atom. The number of nitrogens with one attached hydrogen (secondary N) is 3. The van der Waals surface area contributed by atoms with Crippen LogP contribution in [0.3, 0.4) is 0 Å². The summed E-state index contributed by atoms with van der Waals surface area (Å²) < 4.78 is 0. The van der Waals surface area contributed by atoms with Gasteiger partial charge in [-0.15, -0.1) is 0 Å². The third-order valence-electron chi connectivity index (χ3n) is 3.68. The zero-order valence-electron chi connectivity index (χ0n) is 10.8. The summed E-state index contributed by atoms with van der Waals surface area (Å²) in [5.74, 6) is -0.334. The second kappa shape index (κ2) is 3.85. The number of urea groups is 1. The minimum absolute atomic E-state index is 0.334. The Labute approximate surface area is 110 Å². The number of aryl methyl sites for hydroxylation is 1. The zero-order valence-corrected chi connectivity index (χ0v) is 10.8. The van der Waals surface area contributed by atoms with Gasteiger partial charge in [-0.05, 0) is 37.1 Å². The van der Waals surface area contributed by atoms with Crippen LogP contribution in [0.25, 0.3) is 10.9 Å². The first-order valence-electron chi connectivity index (χ1n) is 6.28. The number of carbonyl (C=O) groups is 2. The molecule has 98 valence electrons. The number of H-pyrrole nitrogens is 1. The molecule has 1 saturated heterocycles. The van der Waals surface area contributed by atoms with Crippen molar-refractivity contribution in [1.82, 2.24) is 15.6 Å². The van der Waals surface area contributed by atoms with Crippen molar-refractivity contribution < 1.29 is 9.59 Å². The van der Waals surface area contributed by atoms with Crippen molar-refractivity contribution in [3.8, 4) is 0 Å². The van der Waals surface area contributed by atoms with Gasteiger partial charge in [0.25, 0.3) is 5.91 Å². The topological polar surface area (TPSA) is 74.0 Å². The maximum absolute atomic E-state index is 11.9. The SMILES string of the molecule is CCc1ccc2[nH]c([C@@]3(C)NC(=O)NC3=O)cc2c1. The molecule has 2 aromatic rings. The molecule has 2 heterocycles. The molecule has 3 N–H and O–H groups in total. The minimum Gasteiger partial charge on any atom is -0.356 e. The molecule has 0 aliphatic carbocycles. The Morgan fingerprint density at radius 2 is 2.00 bits per heavy atom. The van der Waals surface area contributed by atoms with Gasteiger partial charge < -0.3 is 10.3 Å². The first-order chi connectivity index (χ1) is 9.03. The first-order valence-corrected chi connectivity index (χ1v) is 6.28. The van der Waals surface area contributed by atoms with Crippen molar-refractivity contribution in [2.45, 2.75) is 25.8 Å². The summed E-state index contributed by atoms with van der Waals surface area (Å²) in [5.41, 5.74) is 1.87. The lowest BCUT2D eigenvalue weighted by atomic mass is 9.98. The molecule has 0 radical (unpaired) electrons. The van der Waals surface area contributed by atoms with Gasteiger partial charge in [-0.2, -0.15) is 0 Å². The lowest BCUT2D eigenvalue weighted by Gasteiger charge is -2.18. The fraction of sp³-hybridized carbons (Fsp3) is 0.286. The normalized spacial score (nSPS) is 22.6. The third kappa shape index (κ3) is 1.69. The lowest BCUT2D eigenvalue weighted by molar-refractivity contribution is -0.123. The van der Waals surface area contributed by atoms with Crippen molar-refractivity contribution in [2.24, 2.45) is 0 Å². The van der Waals surface area contributed by atoms with Crippen LogP contribution in [-0.2, 0) is 16.8 Å². The molecule has 0 saturated carbocycles. The Kier molecular flexibility index (Phi) is 2.38. The molecule has 3 amide bonds. The van der Waals surface area contributed by atoms with Crippen LogP contribution in [-0.4, -0.2) is 16.9 Å². The first kappa shape index (κ1) is 11.8. The smallest absolute Gasteiger partial charge is 0.322 e. The Balaban J connectivity index is 2.11. The molecule has 3 rings (SSSR count). The second-order valence-electron chi connectivity index (χ2n) is 4.99. The van der Waals surface area contributed by atoms with E-state index in [-0.39, 0.29) is 5.91 Å². The van der Waals surface area contributed by atoms with Crippen LogP contribution in [0.2, 0.25) is 0 Å². The summed E-state index contributed by atoms with van der Waals surface area (Å²) in [7, 11) is 0. The molecule has 19 heavy (non-hydrogen) atoms. The highest BCUT2D eigenvalue weighted by Gasteiger charge is 2.44. The fourth-order valence-corrected chi connectivity index (χ4v) is 2.40. The van der Waals surface area contributed by atoms with E-state index in [1.807, 2.05) is 12.1 Å². The molecular formula is C14H15N3O2. The molecule has 5 nitrogen and oxygen atoms in total. The molecule has 5 heteroatoms. The van der Waals surface area contributed by atoms with E-state index in [0.29, 0.717) is 5.69 Å². The van der Waals surface area contributed by atoms with Crippen molar-refractivity contribution in [3.63, 3.8) is 0 Å². The van der Waals surface area contributed by atoms with Gasteiger partial charge in [-0.25, -0.2) is 4.79 Å². The van der Waals surface area contributed by atoms with E-state index in [2.05, 4.69) is 34.7 Å². The number of carbonyl (C=O) groups excluding carboxylic acids is 2. The summed E-state index contributed by atoms with van der Waals surface area (Å²) in [6, 6.07) is 7.60. The zero-order chi connectivity index (χ0) is 13.6. The number of benzene rings is 1. The van der Waals surface area contributed by atoms with Gasteiger partial charge in [0.15, 0.2) is 5.54 Å². The molecule has 0 spiro atoms. The van der Waals surface area contributed by atoms with E-state index >= 15 is 0 Å². The van der Waals surface area contributed by atoms with Crippen molar-refractivity contribution in [1.29, 1.82) is 0 Å². The molecule has 1 aliphatic heterocycles. The predicted octanol–water partition coefficient (Wildman–Crippen LogP) is 1.78. The van der Waals surface area contributed by atoms with Crippen LogP contribution in [0.15, 0.2) is 24.3 Å². The van der Waals surface area contributed by atoms with Gasteiger partial charge in [0, 0.05) is 10.9 Å². The van der Waals surface area contributed by atoms with E-state index in [9.17, 15) is 9.59 Å². The summed E-state index contributed by atoms with van der Waals surface area (Å²) in [4.78, 5) is 26.4. The molecule has 1 aromatic heterocycles. The molecule has 0 bridgehead atoms. The number of fused-ring (bicyclic) bond motifs is 1. The van der Waals surface area contributed by atoms with Crippen molar-refractivity contribution in [2.75, 3.05) is 0 Å². The van der Waals surface area contributed by atoms with Gasteiger partial charge in [0.2, 0.25) is 0 Å². The Bertz CT molecular complexity index is 689. The second-order valence-corrected chi connectivity index (χ2v) is 4.99. The van der Waals surface area contributed by atoms with Crippen LogP contribution >= 0.6 is 0 Å². The summed E-state index contributed by atoms with van der Waals surface area (Å²) in [5, 5.41) is 5.96. The minimum atomic E-state index is -1.03. The summed E-state index contributed by atoms with van der Waals surface area (Å²) in [6.07, 6.45) is 0.963. The van der Waals surface area contributed by atoms with Gasteiger partial charge in [0.1, 0.15) is 0 Å². The molecule has 1 atom stereocenters. The highest BCUT2D eigenvalue weighted by molar-refractivity contribution is 6.07. The number of hydrogen-bond donors (Lipinski definition) is 3. The van der Waals surface area contributed by atoms with Gasteiger partial charge in [-0.3, -0.25) is 10.1 Å². The number of aromatic nitrogens is 1. The fourth-order valence-electron chi connectivity index (χ4n) is 2.40. The Hall–Kier alpha value is -2.30. The number of amides is 3. The van der Waals surface area contributed by atoms with Crippen molar-refractivity contribution >= 4 is 22.8 Å². The average molecular weight is 257 g/mol. The van der Waals surface area contributed by atoms with E-state index in [1.54, 1.807) is 6.92 Å². The summed E-state index contributed by atoms with van der Waals surface area (Å²) in [6.45, 7) is 3.79. The van der Waals surface area contributed by atoms with E-state index in [4.69, 9.17) is 0 Å². The molecule has 1 aliphatic rings. The quantitative estimate of drug-likeness (QED) is 0.717. The molecule has 1 fully saturated rings. The maximum atomic E-state index is 11.9.